The van der Waals surface area contributed by atoms with Crippen molar-refractivity contribution in [2.45, 2.75) is 44.9 Å². The van der Waals surface area contributed by atoms with E-state index in [2.05, 4.69) is 25.7 Å². The van der Waals surface area contributed by atoms with Gasteiger partial charge in [0, 0.05) is 12.3 Å². The van der Waals surface area contributed by atoms with Crippen LogP contribution in [0.5, 0.6) is 0 Å². The molecule has 0 spiro atoms. The van der Waals surface area contributed by atoms with Crippen LogP contribution in [0.25, 0.3) is 0 Å². The van der Waals surface area contributed by atoms with Crippen molar-refractivity contribution in [3.8, 4) is 0 Å². The lowest BCUT2D eigenvalue weighted by molar-refractivity contribution is 0.142. The minimum Gasteiger partial charge on any atom is -0.300 e. The van der Waals surface area contributed by atoms with Gasteiger partial charge in [-0.05, 0) is 38.8 Å². The van der Waals surface area contributed by atoms with Crippen LogP contribution in [0.2, 0.25) is 0 Å². The van der Waals surface area contributed by atoms with Crippen molar-refractivity contribution < 1.29 is 8.42 Å². The summed E-state index contributed by atoms with van der Waals surface area (Å²) in [7, 11) is -2.82. The van der Waals surface area contributed by atoms with E-state index in [-0.39, 0.29) is 5.25 Å². The average Bonchev–Trinajstić information content (AvgIpc) is 2.15. The van der Waals surface area contributed by atoms with Crippen molar-refractivity contribution in [3.63, 3.8) is 0 Å². The Morgan fingerprint density at radius 2 is 1.60 bits per heavy atom. The van der Waals surface area contributed by atoms with Gasteiger partial charge in [0.1, 0.15) is 9.84 Å². The summed E-state index contributed by atoms with van der Waals surface area (Å²) in [5.41, 5.74) is 0. The van der Waals surface area contributed by atoms with Gasteiger partial charge in [0.25, 0.3) is 0 Å². The molecule has 0 radical (unpaired) electrons. The van der Waals surface area contributed by atoms with Crippen LogP contribution in [0.3, 0.4) is 0 Å². The van der Waals surface area contributed by atoms with E-state index >= 15 is 0 Å². The van der Waals surface area contributed by atoms with E-state index in [4.69, 9.17) is 0 Å². The Morgan fingerprint density at radius 1 is 1.13 bits per heavy atom. The molecule has 0 aromatic rings. The highest BCUT2D eigenvalue weighted by molar-refractivity contribution is 7.91. The number of nitrogens with zero attached hydrogens (tertiary/aromatic N) is 1. The SMILES string of the molecule is CC(C)C(C)N1CCC(S(C)(=O)=O)CC1. The minimum absolute atomic E-state index is 0.104. The Morgan fingerprint density at radius 3 is 1.93 bits per heavy atom. The second-order valence-corrected chi connectivity index (χ2v) is 7.38. The average molecular weight is 233 g/mol. The summed E-state index contributed by atoms with van der Waals surface area (Å²) in [6.45, 7) is 8.51. The number of sulfone groups is 1. The van der Waals surface area contributed by atoms with Crippen molar-refractivity contribution in [3.05, 3.63) is 0 Å². The van der Waals surface area contributed by atoms with Crippen LogP contribution in [-0.4, -0.2) is 44.0 Å². The maximum atomic E-state index is 11.4. The zero-order chi connectivity index (χ0) is 11.6. The van der Waals surface area contributed by atoms with Gasteiger partial charge in [-0.15, -0.1) is 0 Å². The Hall–Kier alpha value is -0.0900. The fourth-order valence-corrected chi connectivity index (χ4v) is 3.20. The molecular weight excluding hydrogens is 210 g/mol. The first-order chi connectivity index (χ1) is 6.82. The first-order valence-corrected chi connectivity index (χ1v) is 7.70. The van der Waals surface area contributed by atoms with Crippen molar-refractivity contribution >= 4 is 9.84 Å². The second-order valence-electron chi connectivity index (χ2n) is 5.05. The molecule has 1 atom stereocenters. The lowest BCUT2D eigenvalue weighted by Crippen LogP contribution is -2.45. The molecule has 1 aliphatic heterocycles. The summed E-state index contributed by atoms with van der Waals surface area (Å²) >= 11 is 0. The van der Waals surface area contributed by atoms with Crippen LogP contribution < -0.4 is 0 Å². The molecule has 0 saturated carbocycles. The van der Waals surface area contributed by atoms with Crippen LogP contribution in [-0.2, 0) is 9.84 Å². The summed E-state index contributed by atoms with van der Waals surface area (Å²) in [6.07, 6.45) is 2.96. The number of hydrogen-bond donors (Lipinski definition) is 0. The second kappa shape index (κ2) is 4.83. The number of rotatable bonds is 3. The molecule has 1 heterocycles. The molecule has 15 heavy (non-hydrogen) atoms. The zero-order valence-electron chi connectivity index (χ0n) is 10.2. The third-order valence-corrected chi connectivity index (χ3v) is 5.31. The largest absolute Gasteiger partial charge is 0.300 e. The normalized spacial score (nSPS) is 23.3. The van der Waals surface area contributed by atoms with E-state index in [1.165, 1.54) is 6.26 Å². The van der Waals surface area contributed by atoms with Gasteiger partial charge in [0.2, 0.25) is 0 Å². The van der Waals surface area contributed by atoms with E-state index in [0.29, 0.717) is 12.0 Å². The standard InChI is InChI=1S/C11H23NO2S/c1-9(2)10(3)12-7-5-11(6-8-12)15(4,13)14/h9-11H,5-8H2,1-4H3. The molecule has 3 nitrogen and oxygen atoms in total. The Labute approximate surface area is 93.8 Å². The molecule has 4 heteroatoms. The molecular formula is C11H23NO2S. The van der Waals surface area contributed by atoms with Gasteiger partial charge in [0.15, 0.2) is 0 Å². The molecule has 0 aromatic carbocycles. The van der Waals surface area contributed by atoms with E-state index in [0.717, 1.165) is 25.9 Å². The molecule has 0 N–H and O–H groups in total. The van der Waals surface area contributed by atoms with Gasteiger partial charge >= 0.3 is 0 Å². The van der Waals surface area contributed by atoms with Crippen molar-refractivity contribution in [1.29, 1.82) is 0 Å². The number of hydrogen-bond acceptors (Lipinski definition) is 3. The summed E-state index contributed by atoms with van der Waals surface area (Å²) in [5, 5.41) is -0.104. The highest BCUT2D eigenvalue weighted by atomic mass is 32.2. The van der Waals surface area contributed by atoms with Crippen LogP contribution in [0.15, 0.2) is 0 Å². The van der Waals surface area contributed by atoms with E-state index in [1.54, 1.807) is 0 Å². The highest BCUT2D eigenvalue weighted by Gasteiger charge is 2.29. The zero-order valence-corrected chi connectivity index (χ0v) is 11.0. The summed E-state index contributed by atoms with van der Waals surface area (Å²) < 4.78 is 22.8. The van der Waals surface area contributed by atoms with Crippen LogP contribution in [0.1, 0.15) is 33.6 Å². The van der Waals surface area contributed by atoms with E-state index in [9.17, 15) is 8.42 Å². The molecule has 1 unspecified atom stereocenters. The van der Waals surface area contributed by atoms with Gasteiger partial charge in [-0.2, -0.15) is 0 Å². The molecule has 1 saturated heterocycles. The van der Waals surface area contributed by atoms with E-state index < -0.39 is 9.84 Å². The number of likely N-dealkylation sites (tertiary alicyclic amines) is 1. The molecule has 0 bridgehead atoms. The smallest absolute Gasteiger partial charge is 0.150 e. The number of piperidine rings is 1. The molecule has 0 aliphatic carbocycles. The van der Waals surface area contributed by atoms with Gasteiger partial charge < -0.3 is 4.90 Å². The fourth-order valence-electron chi connectivity index (χ4n) is 2.13. The summed E-state index contributed by atoms with van der Waals surface area (Å²) in [5.74, 6) is 0.639. The van der Waals surface area contributed by atoms with Crippen LogP contribution >= 0.6 is 0 Å². The van der Waals surface area contributed by atoms with Crippen molar-refractivity contribution in [2.24, 2.45) is 5.92 Å². The summed E-state index contributed by atoms with van der Waals surface area (Å²) in [6, 6.07) is 0.561. The third-order valence-electron chi connectivity index (χ3n) is 3.62. The van der Waals surface area contributed by atoms with Crippen molar-refractivity contribution in [1.82, 2.24) is 4.90 Å². The quantitative estimate of drug-likeness (QED) is 0.742. The van der Waals surface area contributed by atoms with Crippen LogP contribution in [0, 0.1) is 5.92 Å². The monoisotopic (exact) mass is 233 g/mol. The molecule has 0 aromatic heterocycles. The predicted octanol–water partition coefficient (Wildman–Crippen LogP) is 1.54. The predicted molar refractivity (Wildman–Crippen MR) is 63.7 cm³/mol. The third kappa shape index (κ3) is 3.45. The Balaban J connectivity index is 2.50. The van der Waals surface area contributed by atoms with Gasteiger partial charge in [-0.25, -0.2) is 8.42 Å². The first-order valence-electron chi connectivity index (χ1n) is 5.75. The Bertz CT molecular complexity index is 290. The van der Waals surface area contributed by atoms with Crippen molar-refractivity contribution in [2.75, 3.05) is 19.3 Å². The van der Waals surface area contributed by atoms with E-state index in [1.807, 2.05) is 0 Å². The molecule has 1 aliphatic rings. The maximum absolute atomic E-state index is 11.4. The van der Waals surface area contributed by atoms with Gasteiger partial charge in [-0.1, -0.05) is 13.8 Å². The minimum atomic E-state index is -2.82. The summed E-state index contributed by atoms with van der Waals surface area (Å²) in [4.78, 5) is 2.41. The molecule has 1 fully saturated rings. The molecule has 0 amide bonds. The topological polar surface area (TPSA) is 37.4 Å². The van der Waals surface area contributed by atoms with Gasteiger partial charge in [0.05, 0.1) is 5.25 Å². The lowest BCUT2D eigenvalue weighted by atomic mass is 10.0. The Kier molecular flexibility index (Phi) is 4.18. The van der Waals surface area contributed by atoms with Crippen LogP contribution in [0.4, 0.5) is 0 Å². The lowest BCUT2D eigenvalue weighted by Gasteiger charge is -2.37. The molecule has 90 valence electrons. The highest BCUT2D eigenvalue weighted by Crippen LogP contribution is 2.21. The maximum Gasteiger partial charge on any atom is 0.150 e. The molecule has 1 rings (SSSR count). The first kappa shape index (κ1) is 13.0. The fraction of sp³-hybridized carbons (Fsp3) is 1.00. The van der Waals surface area contributed by atoms with Gasteiger partial charge in [-0.3, -0.25) is 0 Å².